The lowest BCUT2D eigenvalue weighted by Crippen LogP contribution is -2.29. The third kappa shape index (κ3) is 3.67. The first-order chi connectivity index (χ1) is 15.6. The summed E-state index contributed by atoms with van der Waals surface area (Å²) in [6, 6.07) is 10.8. The van der Waals surface area contributed by atoms with Crippen molar-refractivity contribution < 1.29 is 0 Å². The molecule has 3 N–H and O–H groups in total. The van der Waals surface area contributed by atoms with Crippen LogP contribution in [0.5, 0.6) is 0 Å². The fraction of sp³-hybridized carbons (Fsp3) is 0.261. The van der Waals surface area contributed by atoms with E-state index in [0.717, 1.165) is 12.8 Å². The number of benzene rings is 1. The third-order valence-corrected chi connectivity index (χ3v) is 5.92. The summed E-state index contributed by atoms with van der Waals surface area (Å²) < 4.78 is 1.78. The van der Waals surface area contributed by atoms with Gasteiger partial charge in [0.05, 0.1) is 33.2 Å². The molecule has 162 valence electrons. The van der Waals surface area contributed by atoms with Gasteiger partial charge in [-0.1, -0.05) is 30.7 Å². The van der Waals surface area contributed by atoms with E-state index in [9.17, 15) is 4.79 Å². The second kappa shape index (κ2) is 8.20. The minimum Gasteiger partial charge on any atom is -0.383 e. The lowest BCUT2D eigenvalue weighted by Gasteiger charge is -2.22. The third-order valence-electron chi connectivity index (χ3n) is 5.60. The van der Waals surface area contributed by atoms with Crippen molar-refractivity contribution in [1.29, 1.82) is 0 Å². The number of nitrogens with two attached hydrogens (primary N) is 1. The molecule has 32 heavy (non-hydrogen) atoms. The first-order valence-electron chi connectivity index (χ1n) is 10.6. The molecule has 9 heteroatoms. The van der Waals surface area contributed by atoms with Crippen molar-refractivity contribution in [2.45, 2.75) is 38.3 Å². The van der Waals surface area contributed by atoms with Crippen molar-refractivity contribution in [2.75, 3.05) is 11.1 Å². The van der Waals surface area contributed by atoms with Gasteiger partial charge in [-0.3, -0.25) is 14.3 Å². The Kier molecular flexibility index (Phi) is 5.22. The largest absolute Gasteiger partial charge is 0.383 e. The lowest BCUT2D eigenvalue weighted by atomic mass is 10.1. The van der Waals surface area contributed by atoms with Crippen LogP contribution in [0.4, 0.5) is 11.8 Å². The highest BCUT2D eigenvalue weighted by Crippen LogP contribution is 2.37. The van der Waals surface area contributed by atoms with E-state index in [0.29, 0.717) is 51.2 Å². The Morgan fingerprint density at radius 2 is 2.03 bits per heavy atom. The molecule has 0 aliphatic heterocycles. The SMILES string of the molecule is CC[C@H](Nc1ncc(-c2ccccn2)c(N)n1)c1nc2cccc(Cl)c2c(=O)n1C1CC1. The number of rotatable bonds is 6. The maximum atomic E-state index is 13.3. The maximum Gasteiger partial charge on any atom is 0.263 e. The fourth-order valence-corrected chi connectivity index (χ4v) is 4.09. The molecule has 1 aliphatic rings. The number of aromatic nitrogens is 5. The molecule has 3 aromatic heterocycles. The van der Waals surface area contributed by atoms with Gasteiger partial charge in [-0.15, -0.1) is 0 Å². The summed E-state index contributed by atoms with van der Waals surface area (Å²) in [7, 11) is 0. The molecule has 1 atom stereocenters. The zero-order valence-electron chi connectivity index (χ0n) is 17.5. The van der Waals surface area contributed by atoms with Gasteiger partial charge in [0.25, 0.3) is 5.56 Å². The number of nitrogens with zero attached hydrogens (tertiary/aromatic N) is 5. The molecule has 0 amide bonds. The van der Waals surface area contributed by atoms with Crippen LogP contribution >= 0.6 is 11.6 Å². The second-order valence-electron chi connectivity index (χ2n) is 7.82. The number of nitrogens with one attached hydrogen (secondary N) is 1. The Morgan fingerprint density at radius 3 is 2.72 bits per heavy atom. The average Bonchev–Trinajstić information content (AvgIpc) is 3.63. The summed E-state index contributed by atoms with van der Waals surface area (Å²) in [6.07, 6.45) is 5.92. The van der Waals surface area contributed by atoms with Crippen LogP contribution in [0.25, 0.3) is 22.2 Å². The van der Waals surface area contributed by atoms with Gasteiger partial charge < -0.3 is 11.1 Å². The quantitative estimate of drug-likeness (QED) is 0.451. The normalized spacial score (nSPS) is 14.4. The molecular formula is C23H22ClN7O. The molecule has 8 nitrogen and oxygen atoms in total. The Balaban J connectivity index is 1.54. The van der Waals surface area contributed by atoms with Crippen molar-refractivity contribution in [1.82, 2.24) is 24.5 Å². The maximum absolute atomic E-state index is 13.3. The molecule has 0 unspecified atom stereocenters. The van der Waals surface area contributed by atoms with Gasteiger partial charge >= 0.3 is 0 Å². The number of fused-ring (bicyclic) bond motifs is 1. The van der Waals surface area contributed by atoms with Crippen LogP contribution in [-0.4, -0.2) is 24.5 Å². The smallest absolute Gasteiger partial charge is 0.263 e. The Hall–Kier alpha value is -3.52. The van der Waals surface area contributed by atoms with Gasteiger partial charge in [-0.25, -0.2) is 9.97 Å². The minimum atomic E-state index is -0.271. The van der Waals surface area contributed by atoms with E-state index < -0.39 is 0 Å². The van der Waals surface area contributed by atoms with E-state index in [-0.39, 0.29) is 17.6 Å². The Morgan fingerprint density at radius 1 is 1.19 bits per heavy atom. The number of pyridine rings is 1. The monoisotopic (exact) mass is 447 g/mol. The zero-order valence-corrected chi connectivity index (χ0v) is 18.3. The Labute approximate surface area is 189 Å². The first-order valence-corrected chi connectivity index (χ1v) is 11.0. The Bertz CT molecular complexity index is 1350. The van der Waals surface area contributed by atoms with Gasteiger partial charge in [-0.05, 0) is 43.5 Å². The molecule has 1 aliphatic carbocycles. The molecule has 1 saturated carbocycles. The van der Waals surface area contributed by atoms with Crippen molar-refractivity contribution in [3.8, 4) is 11.3 Å². The standard InChI is InChI=1S/C23H22ClN7O/c1-2-16(29-23-27-12-14(20(25)30-23)17-7-3-4-11-26-17)21-28-18-8-5-6-15(24)19(18)22(32)31(21)13-9-10-13/h3-8,11-13,16H,2,9-10H2,1H3,(H3,25,27,29,30)/t16-/m0/s1. The highest BCUT2D eigenvalue weighted by molar-refractivity contribution is 6.35. The molecule has 1 aromatic carbocycles. The molecule has 4 aromatic rings. The van der Waals surface area contributed by atoms with E-state index in [1.807, 2.05) is 31.2 Å². The van der Waals surface area contributed by atoms with Crippen LogP contribution in [0.1, 0.15) is 44.1 Å². The summed E-state index contributed by atoms with van der Waals surface area (Å²) in [4.78, 5) is 31.3. The first kappa shape index (κ1) is 20.4. The summed E-state index contributed by atoms with van der Waals surface area (Å²) in [6.45, 7) is 2.02. The highest BCUT2D eigenvalue weighted by Gasteiger charge is 2.31. The van der Waals surface area contributed by atoms with Crippen LogP contribution in [-0.2, 0) is 0 Å². The number of hydrogen-bond donors (Lipinski definition) is 2. The van der Waals surface area contributed by atoms with E-state index in [2.05, 4.69) is 20.3 Å². The predicted octanol–water partition coefficient (Wildman–Crippen LogP) is 4.38. The molecule has 5 rings (SSSR count). The molecule has 0 saturated heterocycles. The van der Waals surface area contributed by atoms with Gasteiger partial charge in [0.15, 0.2) is 0 Å². The van der Waals surface area contributed by atoms with E-state index in [1.54, 1.807) is 29.1 Å². The number of anilines is 2. The van der Waals surface area contributed by atoms with Crippen LogP contribution in [0.2, 0.25) is 5.02 Å². The number of nitrogen functional groups attached to an aromatic ring is 1. The van der Waals surface area contributed by atoms with E-state index in [4.69, 9.17) is 22.3 Å². The second-order valence-corrected chi connectivity index (χ2v) is 8.23. The molecular weight excluding hydrogens is 426 g/mol. The van der Waals surface area contributed by atoms with Crippen molar-refractivity contribution in [2.24, 2.45) is 0 Å². The predicted molar refractivity (Wildman–Crippen MR) is 126 cm³/mol. The summed E-state index contributed by atoms with van der Waals surface area (Å²) >= 11 is 6.33. The fourth-order valence-electron chi connectivity index (χ4n) is 3.84. The lowest BCUT2D eigenvalue weighted by molar-refractivity contribution is 0.577. The number of hydrogen-bond acceptors (Lipinski definition) is 7. The molecule has 1 fully saturated rings. The van der Waals surface area contributed by atoms with Crippen LogP contribution < -0.4 is 16.6 Å². The van der Waals surface area contributed by atoms with Gasteiger partial charge in [0, 0.05) is 18.4 Å². The molecule has 0 bridgehead atoms. The summed E-state index contributed by atoms with van der Waals surface area (Å²) in [5.74, 6) is 1.36. The van der Waals surface area contributed by atoms with Crippen molar-refractivity contribution in [3.63, 3.8) is 0 Å². The van der Waals surface area contributed by atoms with E-state index in [1.165, 1.54) is 0 Å². The molecule has 3 heterocycles. The summed E-state index contributed by atoms with van der Waals surface area (Å²) in [5, 5.41) is 4.19. The van der Waals surface area contributed by atoms with Gasteiger partial charge in [0.1, 0.15) is 11.6 Å². The number of halogens is 1. The zero-order chi connectivity index (χ0) is 22.2. The topological polar surface area (TPSA) is 112 Å². The van der Waals surface area contributed by atoms with Crippen LogP contribution in [0, 0.1) is 0 Å². The molecule has 0 spiro atoms. The van der Waals surface area contributed by atoms with Crippen LogP contribution in [0.3, 0.4) is 0 Å². The summed E-state index contributed by atoms with van der Waals surface area (Å²) in [5.41, 5.74) is 8.04. The highest BCUT2D eigenvalue weighted by atomic mass is 35.5. The molecule has 0 radical (unpaired) electrons. The van der Waals surface area contributed by atoms with Gasteiger partial charge in [-0.2, -0.15) is 4.98 Å². The van der Waals surface area contributed by atoms with Crippen LogP contribution in [0.15, 0.2) is 53.6 Å². The van der Waals surface area contributed by atoms with E-state index >= 15 is 0 Å². The van der Waals surface area contributed by atoms with Crippen molar-refractivity contribution in [3.05, 3.63) is 70.0 Å². The van der Waals surface area contributed by atoms with Crippen molar-refractivity contribution >= 4 is 34.3 Å². The average molecular weight is 448 g/mol. The van der Waals surface area contributed by atoms with Gasteiger partial charge in [0.2, 0.25) is 5.95 Å². The minimum absolute atomic E-state index is 0.107.